The summed E-state index contributed by atoms with van der Waals surface area (Å²) in [5.74, 6) is 1.18. The van der Waals surface area contributed by atoms with Crippen molar-refractivity contribution in [3.63, 3.8) is 0 Å². The van der Waals surface area contributed by atoms with Crippen LogP contribution in [0.25, 0.3) is 0 Å². The Bertz CT molecular complexity index is 370. The molecule has 0 radical (unpaired) electrons. The third kappa shape index (κ3) is 12.2. The second-order valence-corrected chi connectivity index (χ2v) is 7.94. The number of nitrogens with one attached hydrogen (secondary N) is 1. The second kappa shape index (κ2) is 10.8. The minimum atomic E-state index is -0.638. The standard InChI is InChI=1S/C16H32N2O4S/c1-7-21-14(19)13(17)10-23-9-12(8-11(2)3)18-15(20)22-16(4,5)6/h11-13H,7-10,17H2,1-6H3,(H,18,20)/t12-,13-/m0/s1. The van der Waals surface area contributed by atoms with Gasteiger partial charge in [-0.3, -0.25) is 4.79 Å². The molecule has 0 heterocycles. The van der Waals surface area contributed by atoms with E-state index in [1.165, 1.54) is 11.8 Å². The predicted octanol–water partition coefficient (Wildman–Crippen LogP) is 2.55. The highest BCUT2D eigenvalue weighted by molar-refractivity contribution is 7.99. The molecule has 6 nitrogen and oxygen atoms in total. The van der Waals surface area contributed by atoms with Gasteiger partial charge in [0.15, 0.2) is 0 Å². The van der Waals surface area contributed by atoms with Crippen LogP contribution in [0.15, 0.2) is 0 Å². The first-order valence-corrected chi connectivity index (χ1v) is 9.20. The van der Waals surface area contributed by atoms with E-state index in [2.05, 4.69) is 19.2 Å². The van der Waals surface area contributed by atoms with Gasteiger partial charge in [0.1, 0.15) is 11.6 Å². The van der Waals surface area contributed by atoms with Crippen molar-refractivity contribution in [2.45, 2.75) is 65.6 Å². The lowest BCUT2D eigenvalue weighted by molar-refractivity contribution is -0.144. The third-order valence-corrected chi connectivity index (χ3v) is 3.92. The van der Waals surface area contributed by atoms with Gasteiger partial charge in [0.2, 0.25) is 0 Å². The first kappa shape index (κ1) is 22.1. The lowest BCUT2D eigenvalue weighted by Gasteiger charge is -2.24. The molecule has 2 atom stereocenters. The minimum absolute atomic E-state index is 0.0238. The predicted molar refractivity (Wildman–Crippen MR) is 94.5 cm³/mol. The quantitative estimate of drug-likeness (QED) is 0.622. The molecule has 0 bridgehead atoms. The lowest BCUT2D eigenvalue weighted by atomic mass is 10.1. The van der Waals surface area contributed by atoms with Crippen molar-refractivity contribution in [1.29, 1.82) is 0 Å². The van der Waals surface area contributed by atoms with Gasteiger partial charge in [-0.1, -0.05) is 13.8 Å². The van der Waals surface area contributed by atoms with Crippen LogP contribution in [-0.2, 0) is 14.3 Å². The SMILES string of the molecule is CCOC(=O)[C@@H](N)CSC[C@H](CC(C)C)NC(=O)OC(C)(C)C. The van der Waals surface area contributed by atoms with E-state index in [9.17, 15) is 9.59 Å². The van der Waals surface area contributed by atoms with E-state index in [-0.39, 0.29) is 12.0 Å². The number of carbonyl (C=O) groups excluding carboxylic acids is 2. The summed E-state index contributed by atoms with van der Waals surface area (Å²) in [5.41, 5.74) is 5.25. The van der Waals surface area contributed by atoms with E-state index < -0.39 is 17.7 Å². The van der Waals surface area contributed by atoms with Crippen molar-refractivity contribution < 1.29 is 19.1 Å². The van der Waals surface area contributed by atoms with Gasteiger partial charge >= 0.3 is 12.1 Å². The third-order valence-electron chi connectivity index (χ3n) is 2.68. The lowest BCUT2D eigenvalue weighted by Crippen LogP contribution is -2.41. The first-order chi connectivity index (χ1) is 10.5. The Balaban J connectivity index is 4.35. The zero-order chi connectivity index (χ0) is 18.0. The van der Waals surface area contributed by atoms with Crippen molar-refractivity contribution >= 4 is 23.8 Å². The Hall–Kier alpha value is -0.950. The Kier molecular flexibility index (Phi) is 10.3. The van der Waals surface area contributed by atoms with Crippen molar-refractivity contribution in [3.8, 4) is 0 Å². The van der Waals surface area contributed by atoms with Gasteiger partial charge < -0.3 is 20.5 Å². The molecule has 0 fully saturated rings. The topological polar surface area (TPSA) is 90.6 Å². The fourth-order valence-corrected chi connectivity index (χ4v) is 2.90. The Morgan fingerprint density at radius 2 is 1.83 bits per heavy atom. The number of thioether (sulfide) groups is 1. The second-order valence-electron chi connectivity index (χ2n) is 6.87. The van der Waals surface area contributed by atoms with Crippen LogP contribution >= 0.6 is 11.8 Å². The fraction of sp³-hybridized carbons (Fsp3) is 0.875. The molecule has 0 aliphatic heterocycles. The number of amides is 1. The molecule has 7 heteroatoms. The molecular formula is C16H32N2O4S. The van der Waals surface area contributed by atoms with Gasteiger partial charge in [-0.15, -0.1) is 0 Å². The van der Waals surface area contributed by atoms with Crippen LogP contribution in [0.4, 0.5) is 4.79 Å². The van der Waals surface area contributed by atoms with E-state index in [4.69, 9.17) is 15.2 Å². The maximum Gasteiger partial charge on any atom is 0.407 e. The summed E-state index contributed by atoms with van der Waals surface area (Å²) in [6.07, 6.45) is 0.416. The van der Waals surface area contributed by atoms with Crippen LogP contribution in [-0.4, -0.2) is 47.9 Å². The average molecular weight is 349 g/mol. The number of nitrogens with two attached hydrogens (primary N) is 1. The minimum Gasteiger partial charge on any atom is -0.465 e. The van der Waals surface area contributed by atoms with E-state index >= 15 is 0 Å². The van der Waals surface area contributed by atoms with Crippen LogP contribution in [0.5, 0.6) is 0 Å². The van der Waals surface area contributed by atoms with Gasteiger partial charge in [-0.25, -0.2) is 4.79 Å². The summed E-state index contributed by atoms with van der Waals surface area (Å²) in [5, 5.41) is 2.89. The summed E-state index contributed by atoms with van der Waals surface area (Å²) in [6.45, 7) is 11.8. The molecule has 0 unspecified atom stereocenters. The van der Waals surface area contributed by atoms with Crippen LogP contribution < -0.4 is 11.1 Å². The molecule has 23 heavy (non-hydrogen) atoms. The highest BCUT2D eigenvalue weighted by atomic mass is 32.2. The van der Waals surface area contributed by atoms with Crippen LogP contribution in [0.1, 0.15) is 48.0 Å². The Morgan fingerprint density at radius 1 is 1.22 bits per heavy atom. The van der Waals surface area contributed by atoms with Gasteiger partial charge in [-0.05, 0) is 40.0 Å². The maximum atomic E-state index is 11.9. The monoisotopic (exact) mass is 348 g/mol. The summed E-state index contributed by atoms with van der Waals surface area (Å²) < 4.78 is 10.2. The van der Waals surface area contributed by atoms with Gasteiger partial charge in [0.25, 0.3) is 0 Å². The normalized spacial score (nSPS) is 14.3. The van der Waals surface area contributed by atoms with Crippen LogP contribution in [0.3, 0.4) is 0 Å². The Morgan fingerprint density at radius 3 is 2.30 bits per heavy atom. The molecule has 0 saturated carbocycles. The number of carbonyl (C=O) groups is 2. The smallest absolute Gasteiger partial charge is 0.407 e. The zero-order valence-electron chi connectivity index (χ0n) is 15.2. The molecule has 0 saturated heterocycles. The van der Waals surface area contributed by atoms with E-state index in [0.29, 0.717) is 24.0 Å². The molecule has 1 amide bonds. The summed E-state index contributed by atoms with van der Waals surface area (Å²) >= 11 is 1.53. The first-order valence-electron chi connectivity index (χ1n) is 8.04. The largest absolute Gasteiger partial charge is 0.465 e. The highest BCUT2D eigenvalue weighted by Gasteiger charge is 2.21. The molecule has 0 spiro atoms. The van der Waals surface area contributed by atoms with Crippen LogP contribution in [0.2, 0.25) is 0 Å². The summed E-state index contributed by atoms with van der Waals surface area (Å²) in [6, 6.07) is -0.662. The molecule has 136 valence electrons. The highest BCUT2D eigenvalue weighted by Crippen LogP contribution is 2.14. The molecule has 0 aliphatic carbocycles. The average Bonchev–Trinajstić information content (AvgIpc) is 2.35. The van der Waals surface area contributed by atoms with E-state index in [1.807, 2.05) is 20.8 Å². The fourth-order valence-electron chi connectivity index (χ4n) is 1.87. The van der Waals surface area contributed by atoms with Gasteiger partial charge in [-0.2, -0.15) is 11.8 Å². The molecule has 3 N–H and O–H groups in total. The molecule has 0 aromatic rings. The van der Waals surface area contributed by atoms with Gasteiger partial charge in [0.05, 0.1) is 6.61 Å². The number of rotatable bonds is 9. The maximum absolute atomic E-state index is 11.9. The molecule has 0 aliphatic rings. The van der Waals surface area contributed by atoms with Crippen molar-refractivity contribution in [2.24, 2.45) is 11.7 Å². The molecular weight excluding hydrogens is 316 g/mol. The molecule has 0 rings (SSSR count). The van der Waals surface area contributed by atoms with Crippen LogP contribution in [0, 0.1) is 5.92 Å². The number of hydrogen-bond donors (Lipinski definition) is 2. The van der Waals surface area contributed by atoms with Crippen molar-refractivity contribution in [3.05, 3.63) is 0 Å². The molecule has 0 aromatic heterocycles. The van der Waals surface area contributed by atoms with Crippen molar-refractivity contribution in [1.82, 2.24) is 5.32 Å². The van der Waals surface area contributed by atoms with Crippen molar-refractivity contribution in [2.75, 3.05) is 18.1 Å². The summed E-state index contributed by atoms with van der Waals surface area (Å²) in [4.78, 5) is 23.4. The van der Waals surface area contributed by atoms with E-state index in [0.717, 1.165) is 6.42 Å². The number of alkyl carbamates (subject to hydrolysis) is 1. The Labute approximate surface area is 144 Å². The van der Waals surface area contributed by atoms with E-state index in [1.54, 1.807) is 6.92 Å². The summed E-state index contributed by atoms with van der Waals surface area (Å²) in [7, 11) is 0. The van der Waals surface area contributed by atoms with Gasteiger partial charge in [0, 0.05) is 17.5 Å². The molecule has 0 aromatic carbocycles. The number of ether oxygens (including phenoxy) is 2. The zero-order valence-corrected chi connectivity index (χ0v) is 16.0. The number of hydrogen-bond acceptors (Lipinski definition) is 6. The number of esters is 1.